The maximum atomic E-state index is 12.9. The van der Waals surface area contributed by atoms with E-state index < -0.39 is 6.10 Å². The number of nitrogens with one attached hydrogen (secondary N) is 1. The van der Waals surface area contributed by atoms with Gasteiger partial charge in [0.05, 0.1) is 6.04 Å². The molecule has 2 aromatic rings. The first-order chi connectivity index (χ1) is 10.9. The Morgan fingerprint density at radius 1 is 1.09 bits per heavy atom. The van der Waals surface area contributed by atoms with Crippen molar-refractivity contribution < 1.29 is 13.9 Å². The van der Waals surface area contributed by atoms with Crippen LogP contribution in [0.5, 0.6) is 5.75 Å². The zero-order valence-electron chi connectivity index (χ0n) is 13.9. The Balaban J connectivity index is 1.99. The largest absolute Gasteiger partial charge is 0.481 e. The molecule has 0 saturated carbocycles. The van der Waals surface area contributed by atoms with Crippen LogP contribution in [0.2, 0.25) is 0 Å². The van der Waals surface area contributed by atoms with Gasteiger partial charge >= 0.3 is 0 Å². The molecule has 2 aromatic carbocycles. The summed E-state index contributed by atoms with van der Waals surface area (Å²) in [4.78, 5) is 12.3. The van der Waals surface area contributed by atoms with E-state index in [1.807, 2.05) is 39.0 Å². The Hall–Kier alpha value is -2.36. The summed E-state index contributed by atoms with van der Waals surface area (Å²) in [5.41, 5.74) is 2.99. The fourth-order valence-corrected chi connectivity index (χ4v) is 2.26. The first-order valence-electron chi connectivity index (χ1n) is 7.67. The molecule has 0 bridgehead atoms. The van der Waals surface area contributed by atoms with Crippen molar-refractivity contribution in [1.29, 1.82) is 0 Å². The van der Waals surface area contributed by atoms with E-state index in [2.05, 4.69) is 5.32 Å². The maximum Gasteiger partial charge on any atom is 0.261 e. The van der Waals surface area contributed by atoms with Gasteiger partial charge in [-0.05, 0) is 62.6 Å². The molecule has 0 heterocycles. The predicted molar refractivity (Wildman–Crippen MR) is 89.0 cm³/mol. The molecule has 0 aliphatic rings. The molecule has 0 spiro atoms. The molecule has 1 amide bonds. The SMILES string of the molecule is Cc1cccc(O[C@H](C)C(=O)N[C@@H](C)c2ccc(F)cc2)c1C. The number of rotatable bonds is 5. The van der Waals surface area contributed by atoms with Crippen LogP contribution in [0.25, 0.3) is 0 Å². The van der Waals surface area contributed by atoms with E-state index in [0.29, 0.717) is 5.75 Å². The molecule has 0 unspecified atom stereocenters. The highest BCUT2D eigenvalue weighted by Gasteiger charge is 2.18. The number of carbonyl (C=O) groups is 1. The molecule has 0 aliphatic heterocycles. The number of carbonyl (C=O) groups excluding carboxylic acids is 1. The highest BCUT2D eigenvalue weighted by Crippen LogP contribution is 2.22. The summed E-state index contributed by atoms with van der Waals surface area (Å²) in [6.07, 6.45) is -0.613. The second-order valence-electron chi connectivity index (χ2n) is 5.74. The minimum absolute atomic E-state index is 0.206. The fraction of sp³-hybridized carbons (Fsp3) is 0.316. The van der Waals surface area contributed by atoms with Crippen LogP contribution in [-0.2, 0) is 4.79 Å². The normalized spacial score (nSPS) is 13.3. The van der Waals surface area contributed by atoms with Crippen LogP contribution in [0.15, 0.2) is 42.5 Å². The van der Waals surface area contributed by atoms with Crippen LogP contribution in [0.1, 0.15) is 36.6 Å². The Morgan fingerprint density at radius 3 is 2.39 bits per heavy atom. The minimum Gasteiger partial charge on any atom is -0.481 e. The van der Waals surface area contributed by atoms with E-state index in [1.54, 1.807) is 19.1 Å². The lowest BCUT2D eigenvalue weighted by molar-refractivity contribution is -0.127. The minimum atomic E-state index is -0.613. The van der Waals surface area contributed by atoms with Crippen LogP contribution >= 0.6 is 0 Å². The Labute approximate surface area is 136 Å². The molecule has 2 atom stereocenters. The van der Waals surface area contributed by atoms with Gasteiger partial charge in [-0.3, -0.25) is 4.79 Å². The number of hydrogen-bond donors (Lipinski definition) is 1. The van der Waals surface area contributed by atoms with Crippen LogP contribution in [0, 0.1) is 19.7 Å². The molecule has 1 N–H and O–H groups in total. The van der Waals surface area contributed by atoms with Gasteiger partial charge in [0, 0.05) is 0 Å². The summed E-state index contributed by atoms with van der Waals surface area (Å²) in [5, 5.41) is 2.88. The van der Waals surface area contributed by atoms with Gasteiger partial charge in [-0.2, -0.15) is 0 Å². The quantitative estimate of drug-likeness (QED) is 0.902. The molecular weight excluding hydrogens is 293 g/mol. The molecule has 122 valence electrons. The lowest BCUT2D eigenvalue weighted by Crippen LogP contribution is -2.37. The van der Waals surface area contributed by atoms with Crippen LogP contribution < -0.4 is 10.1 Å². The van der Waals surface area contributed by atoms with Crippen molar-refractivity contribution in [2.45, 2.75) is 39.8 Å². The second-order valence-corrected chi connectivity index (χ2v) is 5.74. The summed E-state index contributed by atoms with van der Waals surface area (Å²) in [7, 11) is 0. The Bertz CT molecular complexity index is 682. The van der Waals surface area contributed by atoms with Crippen LogP contribution in [-0.4, -0.2) is 12.0 Å². The molecule has 0 saturated heterocycles. The highest BCUT2D eigenvalue weighted by molar-refractivity contribution is 5.81. The summed E-state index contributed by atoms with van der Waals surface area (Å²) in [6, 6.07) is 11.6. The van der Waals surface area contributed by atoms with E-state index in [1.165, 1.54) is 12.1 Å². The maximum absolute atomic E-state index is 12.9. The molecule has 0 aliphatic carbocycles. The smallest absolute Gasteiger partial charge is 0.261 e. The number of aryl methyl sites for hydroxylation is 1. The molecule has 0 radical (unpaired) electrons. The standard InChI is InChI=1S/C19H22FNO2/c1-12-6-5-7-18(13(12)2)23-15(4)19(22)21-14(3)16-8-10-17(20)11-9-16/h5-11,14-15H,1-4H3,(H,21,22)/t14-,15+/m0/s1. The zero-order valence-corrected chi connectivity index (χ0v) is 13.9. The van der Waals surface area contributed by atoms with E-state index in [9.17, 15) is 9.18 Å². The summed E-state index contributed by atoms with van der Waals surface area (Å²) < 4.78 is 18.7. The van der Waals surface area contributed by atoms with Crippen molar-refractivity contribution in [3.8, 4) is 5.75 Å². The van der Waals surface area contributed by atoms with E-state index >= 15 is 0 Å². The molecule has 0 fully saturated rings. The molecule has 23 heavy (non-hydrogen) atoms. The summed E-state index contributed by atoms with van der Waals surface area (Å²) >= 11 is 0. The number of amides is 1. The third-order valence-corrected chi connectivity index (χ3v) is 3.96. The van der Waals surface area contributed by atoms with Gasteiger partial charge in [-0.25, -0.2) is 4.39 Å². The lowest BCUT2D eigenvalue weighted by Gasteiger charge is -2.20. The second kappa shape index (κ2) is 7.27. The lowest BCUT2D eigenvalue weighted by atomic mass is 10.1. The van der Waals surface area contributed by atoms with Crippen molar-refractivity contribution in [2.75, 3.05) is 0 Å². The highest BCUT2D eigenvalue weighted by atomic mass is 19.1. The predicted octanol–water partition coefficient (Wildman–Crippen LogP) is 4.09. The molecule has 2 rings (SSSR count). The van der Waals surface area contributed by atoms with Gasteiger partial charge < -0.3 is 10.1 Å². The van der Waals surface area contributed by atoms with Gasteiger partial charge in [0.15, 0.2) is 6.10 Å². The Morgan fingerprint density at radius 2 is 1.74 bits per heavy atom. The number of ether oxygens (including phenoxy) is 1. The number of hydrogen-bond acceptors (Lipinski definition) is 2. The van der Waals surface area contributed by atoms with Gasteiger partial charge in [0.2, 0.25) is 0 Å². The van der Waals surface area contributed by atoms with Gasteiger partial charge in [-0.1, -0.05) is 24.3 Å². The van der Waals surface area contributed by atoms with Gasteiger partial charge in [0.25, 0.3) is 5.91 Å². The van der Waals surface area contributed by atoms with E-state index in [4.69, 9.17) is 4.74 Å². The van der Waals surface area contributed by atoms with Crippen molar-refractivity contribution in [1.82, 2.24) is 5.32 Å². The average molecular weight is 315 g/mol. The first-order valence-corrected chi connectivity index (χ1v) is 7.67. The summed E-state index contributed by atoms with van der Waals surface area (Å²) in [6.45, 7) is 7.55. The first kappa shape index (κ1) is 17.0. The average Bonchev–Trinajstić information content (AvgIpc) is 2.52. The summed E-state index contributed by atoms with van der Waals surface area (Å²) in [5.74, 6) is 0.212. The topological polar surface area (TPSA) is 38.3 Å². The van der Waals surface area contributed by atoms with Gasteiger partial charge in [0.1, 0.15) is 11.6 Å². The zero-order chi connectivity index (χ0) is 17.0. The van der Waals surface area contributed by atoms with E-state index in [-0.39, 0.29) is 17.8 Å². The van der Waals surface area contributed by atoms with Crippen molar-refractivity contribution >= 4 is 5.91 Å². The number of benzene rings is 2. The molecule has 0 aromatic heterocycles. The molecule has 4 heteroatoms. The van der Waals surface area contributed by atoms with Crippen LogP contribution in [0.3, 0.4) is 0 Å². The third kappa shape index (κ3) is 4.31. The third-order valence-electron chi connectivity index (χ3n) is 3.96. The van der Waals surface area contributed by atoms with Crippen molar-refractivity contribution in [3.05, 3.63) is 65.0 Å². The Kier molecular flexibility index (Phi) is 5.37. The molecular formula is C19H22FNO2. The number of halogens is 1. The fourth-order valence-electron chi connectivity index (χ4n) is 2.26. The van der Waals surface area contributed by atoms with Crippen molar-refractivity contribution in [2.24, 2.45) is 0 Å². The van der Waals surface area contributed by atoms with E-state index in [0.717, 1.165) is 16.7 Å². The van der Waals surface area contributed by atoms with Crippen molar-refractivity contribution in [3.63, 3.8) is 0 Å². The van der Waals surface area contributed by atoms with Crippen LogP contribution in [0.4, 0.5) is 4.39 Å². The molecule has 3 nitrogen and oxygen atoms in total. The monoisotopic (exact) mass is 315 g/mol. The van der Waals surface area contributed by atoms with Gasteiger partial charge in [-0.15, -0.1) is 0 Å².